The molecule has 0 amide bonds. The topological polar surface area (TPSA) is 70.1 Å². The van der Waals surface area contributed by atoms with Crippen LogP contribution in [0.25, 0.3) is 22.0 Å². The van der Waals surface area contributed by atoms with Gasteiger partial charge < -0.3 is 15.7 Å². The van der Waals surface area contributed by atoms with Crippen molar-refractivity contribution in [3.8, 4) is 17.0 Å². The molecule has 134 valence electrons. The quantitative estimate of drug-likeness (QED) is 0.600. The third-order valence-corrected chi connectivity index (χ3v) is 5.46. The Morgan fingerprint density at radius 1 is 1.23 bits per heavy atom. The van der Waals surface area contributed by atoms with Crippen molar-refractivity contribution in [1.82, 2.24) is 15.5 Å². The van der Waals surface area contributed by atoms with E-state index in [1.165, 1.54) is 0 Å². The van der Waals surface area contributed by atoms with Gasteiger partial charge in [0.25, 0.3) is 0 Å². The zero-order chi connectivity index (χ0) is 18.1. The second-order valence-electron chi connectivity index (χ2n) is 6.77. The van der Waals surface area contributed by atoms with E-state index in [0.29, 0.717) is 17.3 Å². The lowest BCUT2D eigenvalue weighted by Crippen LogP contribution is -2.38. The van der Waals surface area contributed by atoms with Crippen molar-refractivity contribution in [1.29, 1.82) is 0 Å². The number of aryl methyl sites for hydroxylation is 1. The zero-order valence-electron chi connectivity index (χ0n) is 14.6. The van der Waals surface area contributed by atoms with Crippen molar-refractivity contribution in [3.63, 3.8) is 0 Å². The molecule has 1 aliphatic heterocycles. The average molecular weight is 413 g/mol. The van der Waals surface area contributed by atoms with E-state index in [9.17, 15) is 5.11 Å². The van der Waals surface area contributed by atoms with Crippen LogP contribution in [-0.4, -0.2) is 34.4 Å². The van der Waals surface area contributed by atoms with Crippen LogP contribution in [-0.2, 0) is 0 Å². The number of nitrogens with one attached hydrogen (secondary N) is 2. The minimum atomic E-state index is 0.220. The van der Waals surface area contributed by atoms with Crippen molar-refractivity contribution >= 4 is 32.5 Å². The molecule has 0 unspecified atom stereocenters. The van der Waals surface area contributed by atoms with Crippen LogP contribution in [0.2, 0.25) is 0 Å². The fourth-order valence-corrected chi connectivity index (χ4v) is 4.03. The maximum atomic E-state index is 10.4. The van der Waals surface area contributed by atoms with E-state index in [-0.39, 0.29) is 5.75 Å². The number of phenolic OH excluding ortho intramolecular Hbond substituents is 1. The molecule has 6 heteroatoms. The van der Waals surface area contributed by atoms with Gasteiger partial charge in [-0.15, -0.1) is 10.2 Å². The summed E-state index contributed by atoms with van der Waals surface area (Å²) in [7, 11) is 0. The molecule has 1 aliphatic rings. The van der Waals surface area contributed by atoms with Gasteiger partial charge in [0.2, 0.25) is 0 Å². The predicted octanol–water partition coefficient (Wildman–Crippen LogP) is 4.24. The molecule has 0 saturated carbocycles. The zero-order valence-corrected chi connectivity index (χ0v) is 16.2. The summed E-state index contributed by atoms with van der Waals surface area (Å²) in [4.78, 5) is 0. The number of aromatic hydroxyl groups is 1. The molecular weight excluding hydrogens is 392 g/mol. The Hall–Kier alpha value is -2.18. The Kier molecular flexibility index (Phi) is 4.78. The third kappa shape index (κ3) is 3.27. The number of hydrogen-bond acceptors (Lipinski definition) is 5. The van der Waals surface area contributed by atoms with Crippen LogP contribution in [0.5, 0.6) is 5.75 Å². The smallest absolute Gasteiger partial charge is 0.158 e. The van der Waals surface area contributed by atoms with E-state index in [2.05, 4.69) is 36.8 Å². The van der Waals surface area contributed by atoms with E-state index in [1.807, 2.05) is 37.3 Å². The van der Waals surface area contributed by atoms with E-state index in [1.54, 1.807) is 6.07 Å². The number of piperidine rings is 1. The van der Waals surface area contributed by atoms with Gasteiger partial charge in [-0.05, 0) is 50.1 Å². The fraction of sp³-hybridized carbons (Fsp3) is 0.300. The van der Waals surface area contributed by atoms with Gasteiger partial charge in [-0.1, -0.05) is 34.1 Å². The number of rotatable bonds is 3. The third-order valence-electron chi connectivity index (χ3n) is 4.80. The normalized spacial score (nSPS) is 17.4. The lowest BCUT2D eigenvalue weighted by atomic mass is 10.0. The molecule has 26 heavy (non-hydrogen) atoms. The molecule has 1 atom stereocenters. The van der Waals surface area contributed by atoms with Gasteiger partial charge in [-0.2, -0.15) is 0 Å². The van der Waals surface area contributed by atoms with Crippen molar-refractivity contribution in [2.24, 2.45) is 0 Å². The molecule has 2 heterocycles. The first kappa shape index (κ1) is 17.2. The van der Waals surface area contributed by atoms with E-state index in [4.69, 9.17) is 0 Å². The molecular formula is C20H21BrN4O. The summed E-state index contributed by atoms with van der Waals surface area (Å²) in [5.74, 6) is 0.995. The number of halogens is 1. The molecule has 1 aromatic heterocycles. The molecule has 1 fully saturated rings. The lowest BCUT2D eigenvalue weighted by Gasteiger charge is -2.25. The maximum absolute atomic E-state index is 10.4. The average Bonchev–Trinajstić information content (AvgIpc) is 2.63. The first-order valence-corrected chi connectivity index (χ1v) is 9.65. The molecule has 0 bridgehead atoms. The summed E-state index contributed by atoms with van der Waals surface area (Å²) in [5, 5.41) is 28.2. The van der Waals surface area contributed by atoms with Crippen LogP contribution < -0.4 is 10.6 Å². The molecule has 5 nitrogen and oxygen atoms in total. The highest BCUT2D eigenvalue weighted by Gasteiger charge is 2.19. The van der Waals surface area contributed by atoms with Crippen LogP contribution in [0.3, 0.4) is 0 Å². The van der Waals surface area contributed by atoms with Crippen LogP contribution >= 0.6 is 15.9 Å². The highest BCUT2D eigenvalue weighted by Crippen LogP contribution is 2.38. The molecule has 2 aromatic carbocycles. The number of benzene rings is 2. The van der Waals surface area contributed by atoms with Gasteiger partial charge in [0.15, 0.2) is 5.82 Å². The molecule has 3 N–H and O–H groups in total. The van der Waals surface area contributed by atoms with Gasteiger partial charge in [-0.3, -0.25) is 0 Å². The molecule has 4 rings (SSSR count). The highest BCUT2D eigenvalue weighted by atomic mass is 79.9. The van der Waals surface area contributed by atoms with Crippen LogP contribution in [0.15, 0.2) is 40.9 Å². The Balaban J connectivity index is 1.84. The lowest BCUT2D eigenvalue weighted by molar-refractivity contribution is 0.476. The minimum absolute atomic E-state index is 0.220. The summed E-state index contributed by atoms with van der Waals surface area (Å²) >= 11 is 3.66. The van der Waals surface area contributed by atoms with Crippen molar-refractivity contribution < 1.29 is 5.11 Å². The Morgan fingerprint density at radius 3 is 2.88 bits per heavy atom. The summed E-state index contributed by atoms with van der Waals surface area (Å²) < 4.78 is 0.962. The summed E-state index contributed by atoms with van der Waals surface area (Å²) in [6.45, 7) is 3.95. The van der Waals surface area contributed by atoms with E-state index >= 15 is 0 Å². The van der Waals surface area contributed by atoms with E-state index in [0.717, 1.165) is 52.6 Å². The molecule has 0 spiro atoms. The number of phenols is 1. The summed E-state index contributed by atoms with van der Waals surface area (Å²) in [6.07, 6.45) is 2.26. The van der Waals surface area contributed by atoms with Crippen molar-refractivity contribution in [2.75, 3.05) is 18.4 Å². The van der Waals surface area contributed by atoms with Gasteiger partial charge in [0, 0.05) is 33.4 Å². The van der Waals surface area contributed by atoms with Gasteiger partial charge in [0.05, 0.1) is 0 Å². The Bertz CT molecular complexity index is 954. The number of fused-ring (bicyclic) bond motifs is 1. The Morgan fingerprint density at radius 2 is 2.12 bits per heavy atom. The minimum Gasteiger partial charge on any atom is -0.507 e. The first-order valence-electron chi connectivity index (χ1n) is 8.85. The fourth-order valence-electron chi connectivity index (χ4n) is 3.48. The van der Waals surface area contributed by atoms with Crippen LogP contribution in [0, 0.1) is 6.92 Å². The predicted molar refractivity (Wildman–Crippen MR) is 109 cm³/mol. The second kappa shape index (κ2) is 7.21. The number of anilines is 1. The largest absolute Gasteiger partial charge is 0.507 e. The monoisotopic (exact) mass is 412 g/mol. The molecule has 0 radical (unpaired) electrons. The van der Waals surface area contributed by atoms with Gasteiger partial charge in [0.1, 0.15) is 11.4 Å². The number of nitrogens with zero attached hydrogens (tertiary/aromatic N) is 2. The SMILES string of the molecule is Cc1ccc(-c2nnc(N[C@@H]3CCCNC3)c3c(Br)cccc23)c(O)c1. The molecule has 0 aliphatic carbocycles. The summed E-state index contributed by atoms with van der Waals surface area (Å²) in [5.41, 5.74) is 2.39. The van der Waals surface area contributed by atoms with Crippen LogP contribution in [0.4, 0.5) is 5.82 Å². The number of aromatic nitrogens is 2. The Labute approximate surface area is 161 Å². The first-order chi connectivity index (χ1) is 12.6. The van der Waals surface area contributed by atoms with Gasteiger partial charge in [-0.25, -0.2) is 0 Å². The van der Waals surface area contributed by atoms with Crippen molar-refractivity contribution in [2.45, 2.75) is 25.8 Å². The number of hydrogen-bond donors (Lipinski definition) is 3. The summed E-state index contributed by atoms with van der Waals surface area (Å²) in [6, 6.07) is 12.0. The maximum Gasteiger partial charge on any atom is 0.158 e. The molecule has 1 saturated heterocycles. The van der Waals surface area contributed by atoms with E-state index < -0.39 is 0 Å². The van der Waals surface area contributed by atoms with Gasteiger partial charge >= 0.3 is 0 Å². The highest BCUT2D eigenvalue weighted by molar-refractivity contribution is 9.10. The van der Waals surface area contributed by atoms with Crippen molar-refractivity contribution in [3.05, 3.63) is 46.4 Å². The van der Waals surface area contributed by atoms with Crippen LogP contribution in [0.1, 0.15) is 18.4 Å². The molecule has 3 aromatic rings. The standard InChI is InChI=1S/C20H21BrN4O/c1-12-7-8-14(17(26)10-12)19-15-5-2-6-16(21)18(15)20(25-24-19)23-13-4-3-9-22-11-13/h2,5-8,10,13,22,26H,3-4,9,11H2,1H3,(H,23,25)/t13-/m1/s1. The second-order valence-corrected chi connectivity index (χ2v) is 7.62.